The molecule has 704 valence electrons. The van der Waals surface area contributed by atoms with Crippen LogP contribution in [0, 0.1) is 5.41 Å². The van der Waals surface area contributed by atoms with Gasteiger partial charge in [-0.3, -0.25) is 134 Å². The number of halogens is 4. The standard InChI is InChI=1S/C61H100N32O28.4ClH/c62-1-33(94)66-5-37(98)70-9-41(102)74-13-45(106)78-17-49(110)82-21-53(114)86-25-57(118)90-29-61(30-91-58(119)26-87-54(115)22-83-50(111)18-79-46(107)14-75-42(103)10-71-38(99)6-67-34(95)2-63,31-92-59(120)27-88-55(116)23-84-51(112)19-80-47(108)15-76-43(104)11-72-39(100)7-68-35(96)3-64)32-93-60(121)28-89-56(117)24-85-52(113)20-81-48(109)16-77-44(105)12-73-40(101)8-69-36(97)4-65;;;;/h1-32,62-65H2,(H,66,94)(H,67,95)(H,68,96)(H,69,97)(H,70,98)(H,71,99)(H,72,100)(H,73,101)(H,74,102)(H,75,103)(H,76,104)(H,77,105)(H,78,106)(H,79,107)(H,80,108)(H,81,109)(H,82,110)(H,83,111)(H,84,112)(H,85,113)(H,86,114)(H,87,115)(H,88,116)(H,89,117)(H,90,118)(H,91,119)(H,92,120)(H,93,121);4*1H. The Balaban J connectivity index is -0.0000120. The smallest absolute Gasteiger partial charge is 0.239 e. The molecule has 0 saturated heterocycles. The summed E-state index contributed by atoms with van der Waals surface area (Å²) < 4.78 is 0. The van der Waals surface area contributed by atoms with Crippen LogP contribution in [0.25, 0.3) is 0 Å². The summed E-state index contributed by atoms with van der Waals surface area (Å²) in [6.45, 7) is -21.4. The van der Waals surface area contributed by atoms with Gasteiger partial charge < -0.3 is 172 Å². The lowest BCUT2D eigenvalue weighted by Gasteiger charge is -2.35. The van der Waals surface area contributed by atoms with E-state index in [0.717, 1.165) is 0 Å². The van der Waals surface area contributed by atoms with Crippen LogP contribution in [0.5, 0.6) is 0 Å². The van der Waals surface area contributed by atoms with Crippen LogP contribution in [0.2, 0.25) is 0 Å². The van der Waals surface area contributed by atoms with E-state index in [1.165, 1.54) is 0 Å². The van der Waals surface area contributed by atoms with E-state index in [9.17, 15) is 134 Å². The highest BCUT2D eigenvalue weighted by Crippen LogP contribution is 2.14. The first-order valence-electron chi connectivity index (χ1n) is 35.6. The Morgan fingerprint density at radius 3 is 0.256 bits per heavy atom. The van der Waals surface area contributed by atoms with E-state index in [1.807, 2.05) is 0 Å². The van der Waals surface area contributed by atoms with Crippen molar-refractivity contribution in [3.63, 3.8) is 0 Å². The van der Waals surface area contributed by atoms with Crippen molar-refractivity contribution in [1.82, 2.24) is 149 Å². The summed E-state index contributed by atoms with van der Waals surface area (Å²) in [6, 6.07) is 0. The van der Waals surface area contributed by atoms with Crippen LogP contribution in [0.1, 0.15) is 0 Å². The summed E-state index contributed by atoms with van der Waals surface area (Å²) in [7, 11) is 0. The molecular formula is C61H104Cl4N32O28. The highest BCUT2D eigenvalue weighted by atomic mass is 35.5. The van der Waals surface area contributed by atoms with Crippen molar-refractivity contribution >= 4 is 215 Å². The number of carbonyl (C=O) groups is 28. The maximum absolute atomic E-state index is 13.5. The first-order valence-corrected chi connectivity index (χ1v) is 35.6. The molecule has 0 spiro atoms. The molecule has 0 aliphatic rings. The van der Waals surface area contributed by atoms with Crippen molar-refractivity contribution in [1.29, 1.82) is 0 Å². The molecule has 0 aromatic carbocycles. The Bertz CT molecular complexity index is 3310. The number of carbonyl (C=O) groups excluding carboxylic acids is 28. The van der Waals surface area contributed by atoms with Gasteiger partial charge in [0.05, 0.1) is 183 Å². The van der Waals surface area contributed by atoms with Crippen molar-refractivity contribution in [2.45, 2.75) is 0 Å². The number of hydrogen-bond acceptors (Lipinski definition) is 32. The normalized spacial score (nSPS) is 9.82. The largest absolute Gasteiger partial charge is 0.354 e. The first-order chi connectivity index (χ1) is 57.3. The fraction of sp³-hybridized carbons (Fsp3) is 0.541. The van der Waals surface area contributed by atoms with Gasteiger partial charge in [-0.1, -0.05) is 0 Å². The molecule has 28 amide bonds. The fourth-order valence-electron chi connectivity index (χ4n) is 7.60. The minimum absolute atomic E-state index is 0. The molecule has 0 heterocycles. The monoisotopic (exact) mass is 1870 g/mol. The van der Waals surface area contributed by atoms with Crippen LogP contribution < -0.4 is 172 Å². The molecule has 125 heavy (non-hydrogen) atoms. The quantitative estimate of drug-likeness (QED) is 0.0269. The van der Waals surface area contributed by atoms with Gasteiger partial charge in [0.2, 0.25) is 165 Å². The summed E-state index contributed by atoms with van der Waals surface area (Å²) in [5.41, 5.74) is 18.6. The van der Waals surface area contributed by atoms with E-state index in [-0.39, 0.29) is 49.6 Å². The molecule has 0 aromatic rings. The van der Waals surface area contributed by atoms with E-state index < -0.39 is 380 Å². The molecule has 0 radical (unpaired) electrons. The van der Waals surface area contributed by atoms with Gasteiger partial charge in [-0.25, -0.2) is 0 Å². The van der Waals surface area contributed by atoms with Gasteiger partial charge in [-0.2, -0.15) is 0 Å². The Hall–Kier alpha value is -13.8. The minimum Gasteiger partial charge on any atom is -0.354 e. The van der Waals surface area contributed by atoms with Crippen molar-refractivity contribution in [3.8, 4) is 0 Å². The first kappa shape index (κ1) is 120. The molecule has 0 aromatic heterocycles. The minimum atomic E-state index is -1.88. The molecule has 0 bridgehead atoms. The van der Waals surface area contributed by atoms with Crippen molar-refractivity contribution in [2.24, 2.45) is 28.3 Å². The summed E-state index contributed by atoms with van der Waals surface area (Å²) in [4.78, 5) is 344. The molecule has 0 aliphatic heterocycles. The fourth-order valence-corrected chi connectivity index (χ4v) is 7.60. The highest BCUT2D eigenvalue weighted by Gasteiger charge is 2.34. The number of nitrogens with two attached hydrogens (primary N) is 4. The van der Waals surface area contributed by atoms with E-state index in [0.29, 0.717) is 0 Å². The molecule has 0 unspecified atom stereocenters. The molecule has 0 saturated carbocycles. The number of amides is 28. The summed E-state index contributed by atoms with van der Waals surface area (Å²) in [5, 5.41) is 61.3. The average molecular weight is 1880 g/mol. The molecule has 60 nitrogen and oxygen atoms in total. The summed E-state index contributed by atoms with van der Waals surface area (Å²) in [6.07, 6.45) is 0. The van der Waals surface area contributed by atoms with Gasteiger partial charge in [0.1, 0.15) is 0 Å². The van der Waals surface area contributed by atoms with Gasteiger partial charge in [-0.15, -0.1) is 49.6 Å². The van der Waals surface area contributed by atoms with Gasteiger partial charge >= 0.3 is 0 Å². The molecule has 0 atom stereocenters. The molecule has 0 rings (SSSR count). The summed E-state index contributed by atoms with van der Waals surface area (Å²) in [5.74, 6) is -24.7. The third kappa shape index (κ3) is 67.5. The highest BCUT2D eigenvalue weighted by molar-refractivity contribution is 5.98. The average Bonchev–Trinajstić information content (AvgIpc) is 0.848. The van der Waals surface area contributed by atoms with Crippen molar-refractivity contribution < 1.29 is 134 Å². The SMILES string of the molecule is Cl.Cl.Cl.Cl.NCC(=O)NCC(=O)NCC(=O)NCC(=O)NCC(=O)NCC(=O)NCC(=O)NCC(CNC(=O)CNC(=O)CNC(=O)CNC(=O)CNC(=O)CNC(=O)CNC(=O)CN)(CNC(=O)CNC(=O)CNC(=O)CNC(=O)CNC(=O)CNC(=O)CNC(=O)CN)CNC(=O)CNC(=O)CNC(=O)CNC(=O)CNC(=O)CNC(=O)CNC(=O)CN. The predicted octanol–water partition coefficient (Wildman–Crippen LogP) is -25.3. The lowest BCUT2D eigenvalue weighted by Crippen LogP contribution is -2.59. The Morgan fingerprint density at radius 2 is 0.184 bits per heavy atom. The van der Waals surface area contributed by atoms with Crippen LogP contribution in [0.15, 0.2) is 0 Å². The second-order valence-corrected chi connectivity index (χ2v) is 24.1. The number of hydrogen-bond donors (Lipinski definition) is 32. The van der Waals surface area contributed by atoms with Crippen molar-refractivity contribution in [2.75, 3.05) is 209 Å². The zero-order chi connectivity index (χ0) is 91.1. The topological polar surface area (TPSA) is 919 Å². The molecule has 36 N–H and O–H groups in total. The maximum atomic E-state index is 13.5. The van der Waals surface area contributed by atoms with Crippen LogP contribution in [-0.4, -0.2) is 375 Å². The second kappa shape index (κ2) is 70.8. The lowest BCUT2D eigenvalue weighted by atomic mass is 9.86. The van der Waals surface area contributed by atoms with Gasteiger partial charge in [0.25, 0.3) is 0 Å². The Kier molecular flexibility index (Phi) is 67.8. The van der Waals surface area contributed by atoms with E-state index in [1.54, 1.807) is 0 Å². The number of rotatable bonds is 60. The zero-order valence-electron chi connectivity index (χ0n) is 66.5. The van der Waals surface area contributed by atoms with Crippen LogP contribution in [0.3, 0.4) is 0 Å². The molecular weight excluding hydrogens is 1770 g/mol. The number of nitrogens with one attached hydrogen (secondary N) is 28. The Morgan fingerprint density at radius 1 is 0.120 bits per heavy atom. The maximum Gasteiger partial charge on any atom is 0.239 e. The molecule has 64 heteroatoms. The van der Waals surface area contributed by atoms with E-state index >= 15 is 0 Å². The van der Waals surface area contributed by atoms with Gasteiger partial charge in [0, 0.05) is 31.6 Å². The van der Waals surface area contributed by atoms with E-state index in [4.69, 9.17) is 22.9 Å². The second-order valence-electron chi connectivity index (χ2n) is 24.1. The predicted molar refractivity (Wildman–Crippen MR) is 432 cm³/mol. The molecule has 0 fully saturated rings. The lowest BCUT2D eigenvalue weighted by molar-refractivity contribution is -0.129. The summed E-state index contributed by atoms with van der Waals surface area (Å²) >= 11 is 0. The van der Waals surface area contributed by atoms with Crippen LogP contribution in [0.4, 0.5) is 0 Å². The third-order valence-corrected chi connectivity index (χ3v) is 14.1. The zero-order valence-corrected chi connectivity index (χ0v) is 69.8. The van der Waals surface area contributed by atoms with Crippen LogP contribution in [-0.2, 0) is 134 Å². The molecule has 0 aliphatic carbocycles. The van der Waals surface area contributed by atoms with Gasteiger partial charge in [-0.05, 0) is 0 Å². The third-order valence-electron chi connectivity index (χ3n) is 14.1. The Labute approximate surface area is 733 Å². The van der Waals surface area contributed by atoms with E-state index in [2.05, 4.69) is 149 Å². The van der Waals surface area contributed by atoms with Crippen LogP contribution >= 0.6 is 49.6 Å². The van der Waals surface area contributed by atoms with Crippen molar-refractivity contribution in [3.05, 3.63) is 0 Å². The van der Waals surface area contributed by atoms with Gasteiger partial charge in [0.15, 0.2) is 0 Å².